The van der Waals surface area contributed by atoms with E-state index in [0.29, 0.717) is 67.1 Å². The van der Waals surface area contributed by atoms with Crippen LogP contribution >= 0.6 is 0 Å². The number of fused-ring (bicyclic) bond motifs is 6. The third-order valence-electron chi connectivity index (χ3n) is 17.2. The third kappa shape index (κ3) is 9.74. The number of hydrogen-bond acceptors (Lipinski definition) is 5. The van der Waals surface area contributed by atoms with Gasteiger partial charge >= 0.3 is 0 Å². The number of benzene rings is 10. The summed E-state index contributed by atoms with van der Waals surface area (Å²) in [7, 11) is 0. The molecule has 0 saturated heterocycles. The van der Waals surface area contributed by atoms with Crippen molar-refractivity contribution >= 4 is 43.6 Å². The second-order valence-electron chi connectivity index (χ2n) is 22.6. The number of rotatable bonds is 11. The van der Waals surface area contributed by atoms with E-state index in [-0.39, 0.29) is 16.9 Å². The molecule has 0 unspecified atom stereocenters. The number of pyridine rings is 4. The lowest BCUT2D eigenvalue weighted by Gasteiger charge is -2.19. The summed E-state index contributed by atoms with van der Waals surface area (Å²) in [4.78, 5) is 20.5. The van der Waals surface area contributed by atoms with E-state index >= 15 is 22.0 Å². The molecule has 0 fully saturated rings. The van der Waals surface area contributed by atoms with Gasteiger partial charge in [-0.1, -0.05) is 194 Å². The second-order valence-corrected chi connectivity index (χ2v) is 22.6. The van der Waals surface area contributed by atoms with Crippen LogP contribution in [0.15, 0.2) is 279 Å². The van der Waals surface area contributed by atoms with Gasteiger partial charge in [0.2, 0.25) is 5.82 Å². The maximum Gasteiger partial charge on any atom is 0.200 e. The molecule has 7 nitrogen and oxygen atoms in total. The number of nitriles is 1. The average Bonchev–Trinajstić information content (AvgIpc) is 1.63. The van der Waals surface area contributed by atoms with Crippen molar-refractivity contribution in [2.45, 2.75) is 0 Å². The van der Waals surface area contributed by atoms with E-state index in [9.17, 15) is 5.26 Å². The smallest absolute Gasteiger partial charge is 0.200 e. The van der Waals surface area contributed by atoms with E-state index in [1.54, 1.807) is 0 Å². The summed E-state index contributed by atoms with van der Waals surface area (Å²) in [6.45, 7) is 0. The number of nitrogens with zero attached hydrogens (tertiary/aromatic N) is 7. The molecule has 10 aromatic carbocycles. The quantitative estimate of drug-likeness (QED) is 0.0732. The molecular formula is C81H46F5N7. The predicted molar refractivity (Wildman–Crippen MR) is 360 cm³/mol. The van der Waals surface area contributed by atoms with Crippen LogP contribution in [0, 0.1) is 40.4 Å². The molecule has 0 aliphatic heterocycles. The molecule has 6 aromatic heterocycles. The van der Waals surface area contributed by atoms with Gasteiger partial charge in [-0.25, -0.2) is 41.9 Å². The Morgan fingerprint density at radius 2 is 0.495 bits per heavy atom. The van der Waals surface area contributed by atoms with E-state index in [2.05, 4.69) is 6.07 Å². The highest BCUT2D eigenvalue weighted by Crippen LogP contribution is 2.45. The standard InChI is InChI=1S/C81H46F5N7/c82-77-76(78(83)80(85)81(86)79(77)84)56-45-74(92-70-41-52(66-29-13-25-62(88-66)48-17-5-1-6-18-48)33-37-57(70)58-38-34-53(42-71(58)92)67-30-14-26-63(89-67)49-19-7-2-8-20-49)61(47-87)75(46-56)93-72-43-54(68-31-15-27-64(90-68)50-21-9-3-10-22-50)35-39-59(72)60-40-36-55(44-73(60)93)69-32-16-28-65(91-69)51-23-11-4-12-24-51/h1-46H. The van der Waals surface area contributed by atoms with Crippen molar-refractivity contribution in [3.63, 3.8) is 0 Å². The molecule has 0 aliphatic rings. The Hall–Kier alpha value is -12.5. The Morgan fingerprint density at radius 3 is 0.753 bits per heavy atom. The zero-order chi connectivity index (χ0) is 62.8. The maximum atomic E-state index is 17.0. The van der Waals surface area contributed by atoms with Crippen molar-refractivity contribution in [2.75, 3.05) is 0 Å². The minimum Gasteiger partial charge on any atom is -0.308 e. The molecule has 0 spiro atoms. The minimum atomic E-state index is -2.31. The Kier molecular flexibility index (Phi) is 13.7. The summed E-state index contributed by atoms with van der Waals surface area (Å²) in [5.74, 6) is -10.7. The largest absolute Gasteiger partial charge is 0.308 e. The Bertz CT molecular complexity index is 5090. The van der Waals surface area contributed by atoms with Crippen molar-refractivity contribution in [1.29, 1.82) is 5.26 Å². The normalized spacial score (nSPS) is 11.5. The fourth-order valence-corrected chi connectivity index (χ4v) is 12.7. The molecule has 0 N–H and O–H groups in total. The number of aromatic nitrogens is 6. The summed E-state index contributed by atoms with van der Waals surface area (Å²) in [6.07, 6.45) is 0. The lowest BCUT2D eigenvalue weighted by Crippen LogP contribution is -2.08. The van der Waals surface area contributed by atoms with Crippen molar-refractivity contribution in [3.05, 3.63) is 314 Å². The van der Waals surface area contributed by atoms with Gasteiger partial charge in [0.1, 0.15) is 11.6 Å². The second kappa shape index (κ2) is 22.8. The number of halogens is 5. The fourth-order valence-electron chi connectivity index (χ4n) is 12.7. The summed E-state index contributed by atoms with van der Waals surface area (Å²) in [6, 6.07) is 90.9. The van der Waals surface area contributed by atoms with Gasteiger partial charge in [0.15, 0.2) is 23.3 Å². The summed E-state index contributed by atoms with van der Waals surface area (Å²) < 4.78 is 84.8. The number of hydrogen-bond donors (Lipinski definition) is 0. The van der Waals surface area contributed by atoms with Crippen LogP contribution in [0.5, 0.6) is 0 Å². The van der Waals surface area contributed by atoms with Gasteiger partial charge in [-0.2, -0.15) is 5.26 Å². The predicted octanol–water partition coefficient (Wildman–Crippen LogP) is 21.0. The van der Waals surface area contributed by atoms with Crippen molar-refractivity contribution in [3.8, 4) is 119 Å². The highest BCUT2D eigenvalue weighted by molar-refractivity contribution is 6.13. The van der Waals surface area contributed by atoms with Crippen LogP contribution in [0.3, 0.4) is 0 Å². The molecule has 12 heteroatoms. The zero-order valence-electron chi connectivity index (χ0n) is 49.1. The first-order valence-corrected chi connectivity index (χ1v) is 30.0. The highest BCUT2D eigenvalue weighted by Gasteiger charge is 2.30. The summed E-state index contributed by atoms with van der Waals surface area (Å²) in [5, 5.41) is 15.1. The Labute approximate surface area is 529 Å². The molecule has 93 heavy (non-hydrogen) atoms. The zero-order valence-corrected chi connectivity index (χ0v) is 49.1. The molecule has 0 aliphatic carbocycles. The van der Waals surface area contributed by atoms with Gasteiger partial charge in [0.25, 0.3) is 0 Å². The summed E-state index contributed by atoms with van der Waals surface area (Å²) in [5.41, 5.74) is 12.5. The van der Waals surface area contributed by atoms with Crippen molar-refractivity contribution < 1.29 is 22.0 Å². The maximum absolute atomic E-state index is 17.0. The van der Waals surface area contributed by atoms with Crippen LogP contribution < -0.4 is 0 Å². The molecule has 16 rings (SSSR count). The van der Waals surface area contributed by atoms with E-state index in [0.717, 1.165) is 66.6 Å². The van der Waals surface area contributed by atoms with Crippen molar-refractivity contribution in [2.24, 2.45) is 0 Å². The lowest BCUT2D eigenvalue weighted by molar-refractivity contribution is 0.381. The first kappa shape index (κ1) is 55.8. The van der Waals surface area contributed by atoms with E-state index < -0.39 is 40.2 Å². The molecule has 0 bridgehead atoms. The Balaban J connectivity index is 1.02. The van der Waals surface area contributed by atoms with Crippen molar-refractivity contribution in [1.82, 2.24) is 29.1 Å². The van der Waals surface area contributed by atoms with Crippen LogP contribution in [-0.2, 0) is 0 Å². The molecule has 0 radical (unpaired) electrons. The van der Waals surface area contributed by atoms with Gasteiger partial charge in [-0.15, -0.1) is 0 Å². The van der Waals surface area contributed by atoms with Gasteiger partial charge < -0.3 is 9.13 Å². The molecule has 0 saturated carbocycles. The van der Waals surface area contributed by atoms with Gasteiger partial charge in [0, 0.05) is 66.1 Å². The first-order valence-electron chi connectivity index (χ1n) is 30.0. The first-order chi connectivity index (χ1) is 45.6. The van der Waals surface area contributed by atoms with Gasteiger partial charge in [-0.3, -0.25) is 0 Å². The lowest BCUT2D eigenvalue weighted by atomic mass is 9.98. The van der Waals surface area contributed by atoms with Crippen LogP contribution in [0.1, 0.15) is 5.56 Å². The molecule has 6 heterocycles. The Morgan fingerprint density at radius 1 is 0.247 bits per heavy atom. The van der Waals surface area contributed by atoms with E-state index in [1.165, 1.54) is 12.1 Å². The highest BCUT2D eigenvalue weighted by atomic mass is 19.2. The van der Waals surface area contributed by atoms with Crippen LogP contribution in [-0.4, -0.2) is 29.1 Å². The molecular weight excluding hydrogens is 1170 g/mol. The molecule has 0 atom stereocenters. The molecule has 440 valence electrons. The fraction of sp³-hybridized carbons (Fsp3) is 0. The monoisotopic (exact) mass is 1210 g/mol. The topological polar surface area (TPSA) is 85.2 Å². The molecule has 16 aromatic rings. The average molecular weight is 1210 g/mol. The van der Waals surface area contributed by atoms with Gasteiger partial charge in [0.05, 0.1) is 84.6 Å². The van der Waals surface area contributed by atoms with Crippen LogP contribution in [0.4, 0.5) is 22.0 Å². The SMILES string of the molecule is N#Cc1c(-n2c3cc(-c4cccc(-c5ccccc5)n4)ccc3c3ccc(-c4cccc(-c5ccccc5)n4)cc32)cc(-c2c(F)c(F)c(F)c(F)c2F)cc1-n1c2cc(-c3cccc(-c4ccccc4)n3)ccc2c2ccc(-c3cccc(-c4ccccc4)n3)cc21. The summed E-state index contributed by atoms with van der Waals surface area (Å²) >= 11 is 0. The third-order valence-corrected chi connectivity index (χ3v) is 17.2. The van der Waals surface area contributed by atoms with Gasteiger partial charge in [-0.05, 0) is 90.5 Å². The molecule has 0 amide bonds. The van der Waals surface area contributed by atoms with E-state index in [1.807, 2.05) is 276 Å². The van der Waals surface area contributed by atoms with Crippen LogP contribution in [0.2, 0.25) is 0 Å². The minimum absolute atomic E-state index is 0.00589. The van der Waals surface area contributed by atoms with E-state index in [4.69, 9.17) is 19.9 Å². The van der Waals surface area contributed by atoms with Crippen LogP contribution in [0.25, 0.3) is 156 Å².